The maximum Gasteiger partial charge on any atom is 0.408 e. The second-order valence-electron chi connectivity index (χ2n) is 5.53. The van der Waals surface area contributed by atoms with E-state index in [1.165, 1.54) is 13.0 Å². The Balaban J connectivity index is 2.96. The maximum absolute atomic E-state index is 13.1. The topological polar surface area (TPSA) is 49.4 Å². The predicted octanol–water partition coefficient (Wildman–Crippen LogP) is 2.79. The van der Waals surface area contributed by atoms with Gasteiger partial charge in [-0.05, 0) is 25.7 Å². The maximum atomic E-state index is 13.1. The van der Waals surface area contributed by atoms with Gasteiger partial charge in [-0.25, -0.2) is 0 Å². The van der Waals surface area contributed by atoms with Crippen molar-refractivity contribution >= 4 is 11.8 Å². The highest BCUT2D eigenvalue weighted by Crippen LogP contribution is 2.32. The monoisotopic (exact) mass is 320 g/mol. The predicted molar refractivity (Wildman–Crippen MR) is 77.1 cm³/mol. The molecule has 2 amide bonds. The molecule has 1 N–H and O–H groups in total. The van der Waals surface area contributed by atoms with E-state index in [1.54, 1.807) is 0 Å². The van der Waals surface area contributed by atoms with Crippen LogP contribution in [-0.4, -0.2) is 41.5 Å². The molecule has 0 bridgehead atoms. The number of hydrogen-bond acceptors (Lipinski definition) is 2. The van der Waals surface area contributed by atoms with Crippen LogP contribution in [0.4, 0.5) is 13.2 Å². The van der Waals surface area contributed by atoms with Crippen molar-refractivity contribution in [2.24, 2.45) is 0 Å². The third-order valence-corrected chi connectivity index (χ3v) is 3.89. The molecule has 0 radical (unpaired) electrons. The summed E-state index contributed by atoms with van der Waals surface area (Å²) in [7, 11) is 0. The van der Waals surface area contributed by atoms with E-state index in [1.807, 2.05) is 13.8 Å². The lowest BCUT2D eigenvalue weighted by Crippen LogP contribution is -2.57. The van der Waals surface area contributed by atoms with Gasteiger partial charge in [0.05, 0.1) is 0 Å². The van der Waals surface area contributed by atoms with Crippen molar-refractivity contribution in [1.29, 1.82) is 0 Å². The van der Waals surface area contributed by atoms with Gasteiger partial charge in [-0.2, -0.15) is 13.2 Å². The van der Waals surface area contributed by atoms with Crippen molar-refractivity contribution in [3.8, 4) is 0 Å². The highest BCUT2D eigenvalue weighted by molar-refractivity contribution is 5.88. The summed E-state index contributed by atoms with van der Waals surface area (Å²) in [4.78, 5) is 24.2. The summed E-state index contributed by atoms with van der Waals surface area (Å²) in [5.41, 5.74) is 0.813. The van der Waals surface area contributed by atoms with E-state index in [2.05, 4.69) is 5.32 Å². The van der Waals surface area contributed by atoms with Crippen LogP contribution in [-0.2, 0) is 9.59 Å². The van der Waals surface area contributed by atoms with Crippen LogP contribution in [0.5, 0.6) is 0 Å². The number of alkyl halides is 3. The molecule has 0 aromatic carbocycles. The Hall–Kier alpha value is -1.53. The summed E-state index contributed by atoms with van der Waals surface area (Å²) in [5, 5.41) is 2.60. The summed E-state index contributed by atoms with van der Waals surface area (Å²) in [6, 6.07) is -2.21. The standard InChI is InChI=1S/C15H23F3N2O2/c1-4-11(5-2)8-14(22)20-9-12(19-10(3)21)6-7-13(20)15(16,17)18/h8,12-13H,4-7,9H2,1-3H3,(H,19,21)/t12-,13-/m0/s1. The quantitative estimate of drug-likeness (QED) is 0.810. The van der Waals surface area contributed by atoms with Crippen LogP contribution in [0.1, 0.15) is 46.5 Å². The molecule has 4 nitrogen and oxygen atoms in total. The van der Waals surface area contributed by atoms with Gasteiger partial charge in [0, 0.05) is 25.6 Å². The minimum absolute atomic E-state index is 0.111. The fourth-order valence-corrected chi connectivity index (χ4v) is 2.67. The van der Waals surface area contributed by atoms with Crippen LogP contribution in [0.2, 0.25) is 0 Å². The Labute approximate surface area is 128 Å². The fourth-order valence-electron chi connectivity index (χ4n) is 2.67. The first-order valence-electron chi connectivity index (χ1n) is 7.52. The molecule has 0 saturated carbocycles. The van der Waals surface area contributed by atoms with Crippen LogP contribution in [0.3, 0.4) is 0 Å². The number of nitrogens with zero attached hydrogens (tertiary/aromatic N) is 1. The summed E-state index contributed by atoms with van der Waals surface area (Å²) in [6.45, 7) is 4.92. The Morgan fingerprint density at radius 3 is 2.27 bits per heavy atom. The summed E-state index contributed by atoms with van der Waals surface area (Å²) < 4.78 is 39.4. The zero-order chi connectivity index (χ0) is 16.9. The van der Waals surface area contributed by atoms with Gasteiger partial charge < -0.3 is 10.2 Å². The lowest BCUT2D eigenvalue weighted by Gasteiger charge is -2.40. The van der Waals surface area contributed by atoms with Crippen molar-refractivity contribution in [3.05, 3.63) is 11.6 Å². The average Bonchev–Trinajstić information content (AvgIpc) is 2.42. The van der Waals surface area contributed by atoms with E-state index in [-0.39, 0.29) is 25.3 Å². The molecule has 7 heteroatoms. The first-order chi connectivity index (χ1) is 10.2. The Bertz CT molecular complexity index is 441. The molecule has 1 aliphatic rings. The molecule has 1 aliphatic heterocycles. The third-order valence-electron chi connectivity index (χ3n) is 3.89. The van der Waals surface area contributed by atoms with Crippen LogP contribution < -0.4 is 5.32 Å². The van der Waals surface area contributed by atoms with E-state index in [9.17, 15) is 22.8 Å². The number of halogens is 3. The SMILES string of the molecule is CCC(=CC(=O)N1C[C@@H](NC(C)=O)CC[C@H]1C(F)(F)F)CC. The van der Waals surface area contributed by atoms with Crippen molar-refractivity contribution in [2.45, 2.75) is 64.7 Å². The van der Waals surface area contributed by atoms with E-state index in [4.69, 9.17) is 0 Å². The molecule has 126 valence electrons. The minimum Gasteiger partial charge on any atom is -0.352 e. The highest BCUT2D eigenvalue weighted by Gasteiger charge is 2.47. The number of amides is 2. The van der Waals surface area contributed by atoms with Crippen molar-refractivity contribution < 1.29 is 22.8 Å². The molecular formula is C15H23F3N2O2. The van der Waals surface area contributed by atoms with E-state index in [0.29, 0.717) is 12.8 Å². The Morgan fingerprint density at radius 1 is 1.23 bits per heavy atom. The van der Waals surface area contributed by atoms with Crippen molar-refractivity contribution in [3.63, 3.8) is 0 Å². The molecule has 0 unspecified atom stereocenters. The second-order valence-corrected chi connectivity index (χ2v) is 5.53. The third kappa shape index (κ3) is 5.03. The van der Waals surface area contributed by atoms with Gasteiger partial charge in [-0.15, -0.1) is 0 Å². The molecule has 22 heavy (non-hydrogen) atoms. The minimum atomic E-state index is -4.46. The summed E-state index contributed by atoms with van der Waals surface area (Å²) in [6.07, 6.45) is -1.88. The summed E-state index contributed by atoms with van der Waals surface area (Å²) in [5.74, 6) is -0.933. The van der Waals surface area contributed by atoms with E-state index in [0.717, 1.165) is 10.5 Å². The van der Waals surface area contributed by atoms with Gasteiger partial charge in [0.2, 0.25) is 11.8 Å². The Morgan fingerprint density at radius 2 is 1.82 bits per heavy atom. The number of rotatable bonds is 4. The number of likely N-dealkylation sites (tertiary alicyclic amines) is 1. The van der Waals surface area contributed by atoms with Gasteiger partial charge in [-0.1, -0.05) is 19.4 Å². The lowest BCUT2D eigenvalue weighted by atomic mass is 9.97. The molecule has 0 aliphatic carbocycles. The Kier molecular flexibility index (Phi) is 6.44. The number of nitrogens with one attached hydrogen (secondary N) is 1. The van der Waals surface area contributed by atoms with E-state index >= 15 is 0 Å². The normalized spacial score (nSPS) is 22.2. The smallest absolute Gasteiger partial charge is 0.352 e. The van der Waals surface area contributed by atoms with E-state index < -0.39 is 24.2 Å². The molecule has 0 aromatic heterocycles. The lowest BCUT2D eigenvalue weighted by molar-refractivity contribution is -0.195. The van der Waals surface area contributed by atoms with Crippen molar-refractivity contribution in [1.82, 2.24) is 10.2 Å². The number of carbonyl (C=O) groups is 2. The van der Waals surface area contributed by atoms with Crippen molar-refractivity contribution in [2.75, 3.05) is 6.54 Å². The zero-order valence-corrected chi connectivity index (χ0v) is 13.2. The van der Waals surface area contributed by atoms with Gasteiger partial charge in [0.1, 0.15) is 6.04 Å². The second kappa shape index (κ2) is 7.65. The molecule has 2 atom stereocenters. The zero-order valence-electron chi connectivity index (χ0n) is 13.2. The first-order valence-corrected chi connectivity index (χ1v) is 7.52. The van der Waals surface area contributed by atoms with Gasteiger partial charge >= 0.3 is 6.18 Å². The highest BCUT2D eigenvalue weighted by atomic mass is 19.4. The number of carbonyl (C=O) groups excluding carboxylic acids is 2. The van der Waals surface area contributed by atoms with Gasteiger partial charge in [0.25, 0.3) is 0 Å². The molecule has 1 fully saturated rings. The summed E-state index contributed by atoms with van der Waals surface area (Å²) >= 11 is 0. The van der Waals surface area contributed by atoms with Gasteiger partial charge in [0.15, 0.2) is 0 Å². The number of piperidine rings is 1. The largest absolute Gasteiger partial charge is 0.408 e. The molecule has 1 saturated heterocycles. The van der Waals surface area contributed by atoms with Crippen LogP contribution in [0.25, 0.3) is 0 Å². The number of hydrogen-bond donors (Lipinski definition) is 1. The number of allylic oxidation sites excluding steroid dienone is 1. The molecular weight excluding hydrogens is 297 g/mol. The fraction of sp³-hybridized carbons (Fsp3) is 0.733. The molecule has 0 aromatic rings. The average molecular weight is 320 g/mol. The molecule has 1 heterocycles. The first kappa shape index (κ1) is 18.5. The molecule has 0 spiro atoms. The van der Waals surface area contributed by atoms with Crippen LogP contribution in [0, 0.1) is 0 Å². The van der Waals surface area contributed by atoms with Crippen LogP contribution >= 0.6 is 0 Å². The molecule has 1 rings (SSSR count). The van der Waals surface area contributed by atoms with Crippen LogP contribution in [0.15, 0.2) is 11.6 Å². The van der Waals surface area contributed by atoms with Gasteiger partial charge in [-0.3, -0.25) is 9.59 Å².